The molecule has 0 atom stereocenters. The summed E-state index contributed by atoms with van der Waals surface area (Å²) in [5.41, 5.74) is 2.29. The van der Waals surface area contributed by atoms with Gasteiger partial charge in [-0.2, -0.15) is 0 Å². The Bertz CT molecular complexity index is 1590. The summed E-state index contributed by atoms with van der Waals surface area (Å²) in [6.45, 7) is 1.98. The number of methoxy groups -OCH3 is 1. The Hall–Kier alpha value is -4.21. The molecule has 0 radical (unpaired) electrons. The normalized spacial score (nSPS) is 10.9. The van der Waals surface area contributed by atoms with Crippen molar-refractivity contribution in [2.24, 2.45) is 0 Å². The second-order valence-electron chi connectivity index (χ2n) is 7.84. The van der Waals surface area contributed by atoms with E-state index in [0.717, 1.165) is 15.6 Å². The summed E-state index contributed by atoms with van der Waals surface area (Å²) in [5.74, 6) is 0.00857. The molecule has 5 aromatic rings. The summed E-state index contributed by atoms with van der Waals surface area (Å²) >= 11 is 7.79. The molecule has 10 heteroatoms. The number of hydrogen-bond donors (Lipinski definition) is 2. The summed E-state index contributed by atoms with van der Waals surface area (Å²) in [6, 6.07) is 19.4. The van der Waals surface area contributed by atoms with Crippen LogP contribution >= 0.6 is 22.9 Å². The lowest BCUT2D eigenvalue weighted by Gasteiger charge is -2.09. The Labute approximate surface area is 214 Å². The first-order valence-electron chi connectivity index (χ1n) is 10.8. The molecule has 0 aliphatic carbocycles. The number of benzene rings is 3. The van der Waals surface area contributed by atoms with Crippen LogP contribution in [-0.2, 0) is 0 Å². The van der Waals surface area contributed by atoms with E-state index < -0.39 is 11.8 Å². The zero-order valence-corrected chi connectivity index (χ0v) is 20.7. The standard InChI is InChI=1S/C26H19ClN4O4S/c1-14-7-12-18-20(13-14)36-22(21(18)27)24(33)28-19-6-4-3-5-17(19)23(32)29-26-31-30-25(35-26)15-8-10-16(34-2)11-9-15/h3-13H,1-2H3,(H,28,33)(H,29,31,32). The van der Waals surface area contributed by atoms with Gasteiger partial charge >= 0.3 is 6.01 Å². The highest BCUT2D eigenvalue weighted by atomic mass is 35.5. The zero-order chi connectivity index (χ0) is 25.2. The van der Waals surface area contributed by atoms with Crippen LogP contribution in [0.2, 0.25) is 5.02 Å². The first-order valence-corrected chi connectivity index (χ1v) is 12.0. The fourth-order valence-corrected chi connectivity index (χ4v) is 5.09. The summed E-state index contributed by atoms with van der Waals surface area (Å²) in [4.78, 5) is 26.4. The van der Waals surface area contributed by atoms with Crippen LogP contribution in [0.3, 0.4) is 0 Å². The van der Waals surface area contributed by atoms with Crippen molar-refractivity contribution in [2.45, 2.75) is 6.92 Å². The Kier molecular flexibility index (Phi) is 6.41. The van der Waals surface area contributed by atoms with Crippen molar-refractivity contribution >= 4 is 56.5 Å². The number of nitrogens with zero attached hydrogens (tertiary/aromatic N) is 2. The first-order chi connectivity index (χ1) is 17.4. The van der Waals surface area contributed by atoms with E-state index in [2.05, 4.69) is 20.8 Å². The molecule has 0 aliphatic heterocycles. The Morgan fingerprint density at radius 3 is 2.53 bits per heavy atom. The van der Waals surface area contributed by atoms with Gasteiger partial charge in [-0.1, -0.05) is 41.0 Å². The van der Waals surface area contributed by atoms with Crippen LogP contribution in [-0.4, -0.2) is 29.1 Å². The fourth-order valence-electron chi connectivity index (χ4n) is 3.58. The molecular weight excluding hydrogens is 500 g/mol. The summed E-state index contributed by atoms with van der Waals surface area (Å²) < 4.78 is 11.6. The number of aryl methyl sites for hydroxylation is 1. The summed E-state index contributed by atoms with van der Waals surface area (Å²) in [6.07, 6.45) is 0. The lowest BCUT2D eigenvalue weighted by Crippen LogP contribution is -2.18. The fraction of sp³-hybridized carbons (Fsp3) is 0.0769. The highest BCUT2D eigenvalue weighted by molar-refractivity contribution is 7.21. The average molecular weight is 519 g/mol. The number of carbonyl (C=O) groups excluding carboxylic acids is 2. The van der Waals surface area contributed by atoms with Gasteiger partial charge in [-0.15, -0.1) is 16.4 Å². The lowest BCUT2D eigenvalue weighted by atomic mass is 10.1. The van der Waals surface area contributed by atoms with E-state index in [-0.39, 0.29) is 17.5 Å². The van der Waals surface area contributed by atoms with Crippen LogP contribution in [0.15, 0.2) is 71.1 Å². The van der Waals surface area contributed by atoms with Crippen molar-refractivity contribution in [3.05, 3.63) is 87.8 Å². The minimum Gasteiger partial charge on any atom is -0.497 e. The van der Waals surface area contributed by atoms with E-state index in [1.54, 1.807) is 55.6 Å². The van der Waals surface area contributed by atoms with Crippen LogP contribution in [0.4, 0.5) is 11.7 Å². The van der Waals surface area contributed by atoms with E-state index >= 15 is 0 Å². The number of para-hydroxylation sites is 1. The highest BCUT2D eigenvalue weighted by Crippen LogP contribution is 2.36. The number of thiophene rings is 1. The third-order valence-electron chi connectivity index (χ3n) is 5.39. The molecule has 0 saturated heterocycles. The van der Waals surface area contributed by atoms with E-state index in [0.29, 0.717) is 26.9 Å². The molecule has 0 saturated carbocycles. The van der Waals surface area contributed by atoms with E-state index in [9.17, 15) is 9.59 Å². The smallest absolute Gasteiger partial charge is 0.322 e. The second kappa shape index (κ2) is 9.80. The number of ether oxygens (including phenoxy) is 1. The number of anilines is 2. The SMILES string of the molecule is COc1ccc(-c2nnc(NC(=O)c3ccccc3NC(=O)c3sc4cc(C)ccc4c3Cl)o2)cc1. The number of fused-ring (bicyclic) bond motifs is 1. The number of nitrogens with one attached hydrogen (secondary N) is 2. The molecule has 3 aromatic carbocycles. The summed E-state index contributed by atoms with van der Waals surface area (Å²) in [5, 5.41) is 14.5. The Balaban J connectivity index is 1.34. The van der Waals surface area contributed by atoms with Crippen molar-refractivity contribution in [3.8, 4) is 17.2 Å². The van der Waals surface area contributed by atoms with Gasteiger partial charge in [-0.05, 0) is 55.0 Å². The maximum absolute atomic E-state index is 13.1. The molecule has 8 nitrogen and oxygen atoms in total. The Morgan fingerprint density at radius 1 is 0.972 bits per heavy atom. The van der Waals surface area contributed by atoms with Crippen LogP contribution in [0, 0.1) is 6.92 Å². The number of hydrogen-bond acceptors (Lipinski definition) is 7. The van der Waals surface area contributed by atoms with Crippen molar-refractivity contribution in [1.82, 2.24) is 10.2 Å². The van der Waals surface area contributed by atoms with Gasteiger partial charge in [-0.3, -0.25) is 14.9 Å². The Morgan fingerprint density at radius 2 is 1.75 bits per heavy atom. The van der Waals surface area contributed by atoms with Gasteiger partial charge in [0.2, 0.25) is 5.89 Å². The topological polar surface area (TPSA) is 106 Å². The molecule has 0 spiro atoms. The van der Waals surface area contributed by atoms with E-state index in [4.69, 9.17) is 20.8 Å². The molecule has 0 bridgehead atoms. The third-order valence-corrected chi connectivity index (χ3v) is 7.05. The van der Waals surface area contributed by atoms with Gasteiger partial charge in [0.1, 0.15) is 10.6 Å². The average Bonchev–Trinajstić information content (AvgIpc) is 3.48. The van der Waals surface area contributed by atoms with Crippen LogP contribution in [0.1, 0.15) is 25.6 Å². The highest BCUT2D eigenvalue weighted by Gasteiger charge is 2.21. The van der Waals surface area contributed by atoms with Crippen molar-refractivity contribution < 1.29 is 18.7 Å². The van der Waals surface area contributed by atoms with E-state index in [1.807, 2.05) is 25.1 Å². The quantitative estimate of drug-likeness (QED) is 0.268. The van der Waals surface area contributed by atoms with Gasteiger partial charge in [0.05, 0.1) is 23.4 Å². The maximum atomic E-state index is 13.1. The molecule has 2 amide bonds. The third kappa shape index (κ3) is 4.66. The predicted molar refractivity (Wildman–Crippen MR) is 140 cm³/mol. The minimum absolute atomic E-state index is 0.0742. The molecule has 5 rings (SSSR count). The molecular formula is C26H19ClN4O4S. The van der Waals surface area contributed by atoms with Gasteiger partial charge in [0.15, 0.2) is 0 Å². The number of carbonyl (C=O) groups is 2. The van der Waals surface area contributed by atoms with E-state index in [1.165, 1.54) is 11.3 Å². The van der Waals surface area contributed by atoms with Gasteiger partial charge in [0, 0.05) is 15.6 Å². The largest absolute Gasteiger partial charge is 0.497 e. The maximum Gasteiger partial charge on any atom is 0.322 e. The van der Waals surface area contributed by atoms with Crippen molar-refractivity contribution in [1.29, 1.82) is 0 Å². The molecule has 36 heavy (non-hydrogen) atoms. The molecule has 2 N–H and O–H groups in total. The van der Waals surface area contributed by atoms with Gasteiger partial charge in [0.25, 0.3) is 11.8 Å². The summed E-state index contributed by atoms with van der Waals surface area (Å²) in [7, 11) is 1.58. The molecule has 0 fully saturated rings. The first kappa shape index (κ1) is 23.5. The second-order valence-corrected chi connectivity index (χ2v) is 9.27. The lowest BCUT2D eigenvalue weighted by molar-refractivity contribution is 0.102. The number of aromatic nitrogens is 2. The van der Waals surface area contributed by atoms with Gasteiger partial charge in [-0.25, -0.2) is 0 Å². The van der Waals surface area contributed by atoms with Crippen LogP contribution in [0.5, 0.6) is 5.75 Å². The minimum atomic E-state index is -0.520. The van der Waals surface area contributed by atoms with Crippen molar-refractivity contribution in [2.75, 3.05) is 17.7 Å². The molecule has 180 valence electrons. The predicted octanol–water partition coefficient (Wildman–Crippen LogP) is 6.43. The number of amides is 2. The number of halogens is 1. The molecule has 2 heterocycles. The van der Waals surface area contributed by atoms with Crippen LogP contribution in [0.25, 0.3) is 21.5 Å². The molecule has 2 aromatic heterocycles. The molecule has 0 unspecified atom stereocenters. The zero-order valence-electron chi connectivity index (χ0n) is 19.2. The monoisotopic (exact) mass is 518 g/mol. The number of rotatable bonds is 6. The van der Waals surface area contributed by atoms with Gasteiger partial charge < -0.3 is 14.5 Å². The van der Waals surface area contributed by atoms with Crippen LogP contribution < -0.4 is 15.4 Å². The molecule has 0 aliphatic rings. The van der Waals surface area contributed by atoms with Crippen molar-refractivity contribution in [3.63, 3.8) is 0 Å².